The number of piperazine rings is 1. The second-order valence-electron chi connectivity index (χ2n) is 9.08. The Labute approximate surface area is 187 Å². The highest BCUT2D eigenvalue weighted by atomic mass is 16.2. The SMILES string of the molecule is Cc1cccc(N(CCN2CCN(c3ccccc3C)CC2)C(=O)C2CCCCC2)n1. The minimum absolute atomic E-state index is 0.161. The molecule has 2 heterocycles. The van der Waals surface area contributed by atoms with Crippen molar-refractivity contribution in [3.63, 3.8) is 0 Å². The van der Waals surface area contributed by atoms with E-state index in [9.17, 15) is 4.79 Å². The number of aryl methyl sites for hydroxylation is 2. The van der Waals surface area contributed by atoms with Gasteiger partial charge < -0.3 is 4.90 Å². The third-order valence-electron chi connectivity index (χ3n) is 6.84. The van der Waals surface area contributed by atoms with Crippen molar-refractivity contribution >= 4 is 17.4 Å². The zero-order chi connectivity index (χ0) is 21.6. The predicted octanol–water partition coefficient (Wildman–Crippen LogP) is 4.43. The molecule has 4 rings (SSSR count). The molecule has 166 valence electrons. The Bertz CT molecular complexity index is 869. The van der Waals surface area contributed by atoms with Crippen LogP contribution in [0.3, 0.4) is 0 Å². The van der Waals surface area contributed by atoms with E-state index in [1.54, 1.807) is 0 Å². The first kappa shape index (κ1) is 21.8. The van der Waals surface area contributed by atoms with Gasteiger partial charge in [-0.05, 0) is 50.5 Å². The highest BCUT2D eigenvalue weighted by Gasteiger charge is 2.28. The molecule has 0 atom stereocenters. The summed E-state index contributed by atoms with van der Waals surface area (Å²) in [4.78, 5) is 25.1. The van der Waals surface area contributed by atoms with Crippen molar-refractivity contribution < 1.29 is 4.79 Å². The molecule has 0 N–H and O–H groups in total. The zero-order valence-electron chi connectivity index (χ0n) is 19.1. The lowest BCUT2D eigenvalue weighted by Crippen LogP contribution is -2.50. The van der Waals surface area contributed by atoms with Crippen molar-refractivity contribution in [2.75, 3.05) is 49.1 Å². The number of hydrogen-bond acceptors (Lipinski definition) is 4. The number of hydrogen-bond donors (Lipinski definition) is 0. The lowest BCUT2D eigenvalue weighted by molar-refractivity contribution is -0.123. The van der Waals surface area contributed by atoms with Gasteiger partial charge in [-0.3, -0.25) is 14.6 Å². The third kappa shape index (κ3) is 5.45. The Balaban J connectivity index is 1.38. The van der Waals surface area contributed by atoms with Crippen LogP contribution in [0.15, 0.2) is 42.5 Å². The van der Waals surface area contributed by atoms with Gasteiger partial charge in [0.15, 0.2) is 0 Å². The number of aromatic nitrogens is 1. The molecule has 1 aliphatic carbocycles. The molecular formula is C26H36N4O. The van der Waals surface area contributed by atoms with E-state index in [0.717, 1.165) is 63.6 Å². The molecule has 1 aromatic heterocycles. The molecule has 0 spiro atoms. The number of nitrogens with zero attached hydrogens (tertiary/aromatic N) is 4. The first-order valence-electron chi connectivity index (χ1n) is 11.9. The topological polar surface area (TPSA) is 39.7 Å². The molecule has 5 heteroatoms. The van der Waals surface area contributed by atoms with Gasteiger partial charge in [0.05, 0.1) is 0 Å². The fourth-order valence-corrected chi connectivity index (χ4v) is 4.96. The molecule has 2 aliphatic rings. The summed E-state index contributed by atoms with van der Waals surface area (Å²) < 4.78 is 0. The number of carbonyl (C=O) groups excluding carboxylic acids is 1. The van der Waals surface area contributed by atoms with Crippen LogP contribution < -0.4 is 9.80 Å². The summed E-state index contributed by atoms with van der Waals surface area (Å²) in [6, 6.07) is 14.6. The fourth-order valence-electron chi connectivity index (χ4n) is 4.96. The summed E-state index contributed by atoms with van der Waals surface area (Å²) in [5.41, 5.74) is 3.65. The molecule has 2 aromatic rings. The predicted molar refractivity (Wildman–Crippen MR) is 128 cm³/mol. The summed E-state index contributed by atoms with van der Waals surface area (Å²) in [7, 11) is 0. The van der Waals surface area contributed by atoms with Crippen LogP contribution in [0.5, 0.6) is 0 Å². The maximum Gasteiger partial charge on any atom is 0.231 e. The standard InChI is InChI=1S/C26H36N4O/c1-21-9-6-7-13-24(21)29-18-15-28(16-19-29)17-20-30(25-14-8-10-22(2)27-25)26(31)23-11-4-3-5-12-23/h6-10,13-14,23H,3-5,11-12,15-20H2,1-2H3. The van der Waals surface area contributed by atoms with Crippen molar-refractivity contribution in [2.45, 2.75) is 46.0 Å². The second-order valence-corrected chi connectivity index (χ2v) is 9.08. The lowest BCUT2D eigenvalue weighted by atomic mass is 9.88. The molecule has 1 aromatic carbocycles. The number of rotatable bonds is 6. The van der Waals surface area contributed by atoms with Gasteiger partial charge in [-0.2, -0.15) is 0 Å². The first-order chi connectivity index (χ1) is 15.1. The summed E-state index contributed by atoms with van der Waals surface area (Å²) in [5, 5.41) is 0. The largest absolute Gasteiger partial charge is 0.369 e. The van der Waals surface area contributed by atoms with Crippen molar-refractivity contribution in [3.05, 3.63) is 53.7 Å². The number of carbonyl (C=O) groups is 1. The van der Waals surface area contributed by atoms with Crippen LogP contribution in [0.1, 0.15) is 43.4 Å². The van der Waals surface area contributed by atoms with Gasteiger partial charge in [0, 0.05) is 56.6 Å². The Hall–Kier alpha value is -2.40. The average molecular weight is 421 g/mol. The van der Waals surface area contributed by atoms with Gasteiger partial charge >= 0.3 is 0 Å². The maximum absolute atomic E-state index is 13.4. The second kappa shape index (κ2) is 10.3. The number of pyridine rings is 1. The normalized spacial score (nSPS) is 18.2. The number of anilines is 2. The average Bonchev–Trinajstić information content (AvgIpc) is 2.80. The number of para-hydroxylation sites is 1. The maximum atomic E-state index is 13.4. The molecular weight excluding hydrogens is 384 g/mol. The minimum atomic E-state index is 0.161. The summed E-state index contributed by atoms with van der Waals surface area (Å²) in [5.74, 6) is 1.25. The van der Waals surface area contributed by atoms with Crippen molar-refractivity contribution in [1.82, 2.24) is 9.88 Å². The number of amides is 1. The van der Waals surface area contributed by atoms with Gasteiger partial charge in [-0.15, -0.1) is 0 Å². The smallest absolute Gasteiger partial charge is 0.231 e. The summed E-state index contributed by atoms with van der Waals surface area (Å²) in [6.45, 7) is 9.92. The molecule has 5 nitrogen and oxygen atoms in total. The molecule has 1 saturated heterocycles. The summed E-state index contributed by atoms with van der Waals surface area (Å²) >= 11 is 0. The Morgan fingerprint density at radius 3 is 2.42 bits per heavy atom. The van der Waals surface area contributed by atoms with Crippen LogP contribution in [0.25, 0.3) is 0 Å². The highest BCUT2D eigenvalue weighted by molar-refractivity contribution is 5.94. The third-order valence-corrected chi connectivity index (χ3v) is 6.84. The molecule has 0 unspecified atom stereocenters. The van der Waals surface area contributed by atoms with Gasteiger partial charge in [0.1, 0.15) is 5.82 Å². The van der Waals surface area contributed by atoms with Crippen LogP contribution in [0, 0.1) is 19.8 Å². The van der Waals surface area contributed by atoms with Crippen LogP contribution in [-0.4, -0.2) is 55.1 Å². The van der Waals surface area contributed by atoms with Crippen molar-refractivity contribution in [3.8, 4) is 0 Å². The summed E-state index contributed by atoms with van der Waals surface area (Å²) in [6.07, 6.45) is 5.66. The molecule has 0 radical (unpaired) electrons. The van der Waals surface area contributed by atoms with E-state index in [1.807, 2.05) is 30.0 Å². The van der Waals surface area contributed by atoms with Crippen LogP contribution >= 0.6 is 0 Å². The van der Waals surface area contributed by atoms with E-state index in [2.05, 4.69) is 41.0 Å². The fraction of sp³-hybridized carbons (Fsp3) is 0.538. The molecule has 31 heavy (non-hydrogen) atoms. The van der Waals surface area contributed by atoms with Gasteiger partial charge in [0.25, 0.3) is 0 Å². The van der Waals surface area contributed by atoms with Crippen LogP contribution in [0.4, 0.5) is 11.5 Å². The van der Waals surface area contributed by atoms with Crippen LogP contribution in [-0.2, 0) is 4.79 Å². The van der Waals surface area contributed by atoms with E-state index in [-0.39, 0.29) is 11.8 Å². The van der Waals surface area contributed by atoms with E-state index in [1.165, 1.54) is 30.5 Å². The van der Waals surface area contributed by atoms with Crippen LogP contribution in [0.2, 0.25) is 0 Å². The lowest BCUT2D eigenvalue weighted by Gasteiger charge is -2.38. The zero-order valence-corrected chi connectivity index (χ0v) is 19.1. The molecule has 2 fully saturated rings. The van der Waals surface area contributed by atoms with Crippen molar-refractivity contribution in [2.24, 2.45) is 5.92 Å². The van der Waals surface area contributed by atoms with Gasteiger partial charge in [-0.1, -0.05) is 43.5 Å². The van der Waals surface area contributed by atoms with Gasteiger partial charge in [0.2, 0.25) is 5.91 Å². The van der Waals surface area contributed by atoms with E-state index < -0.39 is 0 Å². The van der Waals surface area contributed by atoms with E-state index in [0.29, 0.717) is 0 Å². The number of benzene rings is 1. The molecule has 1 saturated carbocycles. The Morgan fingerprint density at radius 1 is 0.968 bits per heavy atom. The molecule has 0 bridgehead atoms. The highest BCUT2D eigenvalue weighted by Crippen LogP contribution is 2.27. The monoisotopic (exact) mass is 420 g/mol. The Morgan fingerprint density at radius 2 is 1.71 bits per heavy atom. The quantitative estimate of drug-likeness (QED) is 0.693. The van der Waals surface area contributed by atoms with E-state index in [4.69, 9.17) is 4.98 Å². The molecule has 1 aliphatic heterocycles. The van der Waals surface area contributed by atoms with E-state index >= 15 is 0 Å². The van der Waals surface area contributed by atoms with Crippen molar-refractivity contribution in [1.29, 1.82) is 0 Å². The first-order valence-corrected chi connectivity index (χ1v) is 11.9. The molecule has 1 amide bonds. The van der Waals surface area contributed by atoms with Gasteiger partial charge in [-0.25, -0.2) is 4.98 Å². The Kier molecular flexibility index (Phi) is 7.23. The minimum Gasteiger partial charge on any atom is -0.369 e.